The van der Waals surface area contributed by atoms with Gasteiger partial charge in [-0.05, 0) is 72.9 Å². The van der Waals surface area contributed by atoms with Crippen molar-refractivity contribution in [2.24, 2.45) is 17.8 Å². The van der Waals surface area contributed by atoms with E-state index in [0.717, 1.165) is 42.1 Å². The van der Waals surface area contributed by atoms with Gasteiger partial charge in [-0.1, -0.05) is 27.5 Å². The molecule has 8 heteroatoms. The number of hydrogen-bond acceptors (Lipinski definition) is 3. The van der Waals surface area contributed by atoms with Gasteiger partial charge in [0.2, 0.25) is 6.41 Å². The maximum absolute atomic E-state index is 13.4. The number of nitrogens with one attached hydrogen (secondary N) is 1. The van der Waals surface area contributed by atoms with Gasteiger partial charge in [-0.15, -0.1) is 0 Å². The summed E-state index contributed by atoms with van der Waals surface area (Å²) in [5.41, 5.74) is 2.17. The van der Waals surface area contributed by atoms with Crippen LogP contribution in [0.15, 0.2) is 34.8 Å². The van der Waals surface area contributed by atoms with Crippen LogP contribution in [0, 0.1) is 23.6 Å². The van der Waals surface area contributed by atoms with E-state index in [-0.39, 0.29) is 17.0 Å². The molecular formula is C24H23BrClFN2O3. The number of hydrogen-bond donors (Lipinski definition) is 1. The highest BCUT2D eigenvalue weighted by Gasteiger charge is 2.53. The van der Waals surface area contributed by atoms with Crippen LogP contribution >= 0.6 is 27.5 Å². The Morgan fingerprint density at radius 2 is 2.12 bits per heavy atom. The highest BCUT2D eigenvalue weighted by molar-refractivity contribution is 9.10. The standard InChI is InChI=1S/C24H23BrClFN2O3/c25-14-7-13-5-6-32-23(13)19(8-14)24(31)28-16-2-3-17-18(10-16)20(17)11-29(12-30)22-4-1-15(27)9-21(22)26/h1,4,7-9,12,16-18,20H,2-3,5-6,10-11H2,(H,28,31)/t16-,17+,18-,20?/m1/s1. The van der Waals surface area contributed by atoms with Crippen LogP contribution in [-0.2, 0) is 11.2 Å². The lowest BCUT2D eigenvalue weighted by Gasteiger charge is -2.23. The zero-order chi connectivity index (χ0) is 22.4. The minimum Gasteiger partial charge on any atom is -0.492 e. The van der Waals surface area contributed by atoms with Gasteiger partial charge in [0.05, 0.1) is 22.9 Å². The quantitative estimate of drug-likeness (QED) is 0.545. The fourth-order valence-corrected chi connectivity index (χ4v) is 6.17. The second-order valence-electron chi connectivity index (χ2n) is 8.87. The summed E-state index contributed by atoms with van der Waals surface area (Å²) in [5, 5.41) is 3.43. The van der Waals surface area contributed by atoms with E-state index >= 15 is 0 Å². The van der Waals surface area contributed by atoms with E-state index < -0.39 is 5.82 Å². The molecule has 2 aromatic carbocycles. The van der Waals surface area contributed by atoms with Gasteiger partial charge in [0.15, 0.2) is 0 Å². The van der Waals surface area contributed by atoms with Gasteiger partial charge in [-0.3, -0.25) is 9.59 Å². The molecule has 0 bridgehead atoms. The number of carbonyl (C=O) groups excluding carboxylic acids is 2. The summed E-state index contributed by atoms with van der Waals surface area (Å²) in [6.07, 6.45) is 4.39. The molecule has 0 aromatic heterocycles. The topological polar surface area (TPSA) is 58.6 Å². The van der Waals surface area contributed by atoms with Crippen molar-refractivity contribution in [2.75, 3.05) is 18.1 Å². The fraction of sp³-hybridized carbons (Fsp3) is 0.417. The van der Waals surface area contributed by atoms with Crippen molar-refractivity contribution in [1.82, 2.24) is 5.32 Å². The Bertz CT molecular complexity index is 1080. The van der Waals surface area contributed by atoms with E-state index in [1.165, 1.54) is 12.1 Å². The number of anilines is 1. The fourth-order valence-electron chi connectivity index (χ4n) is 5.38. The minimum atomic E-state index is -0.426. The molecule has 1 N–H and O–H groups in total. The molecule has 32 heavy (non-hydrogen) atoms. The van der Waals surface area contributed by atoms with Crippen molar-refractivity contribution < 1.29 is 18.7 Å². The van der Waals surface area contributed by atoms with Gasteiger partial charge in [-0.2, -0.15) is 0 Å². The highest BCUT2D eigenvalue weighted by atomic mass is 79.9. The largest absolute Gasteiger partial charge is 0.492 e. The van der Waals surface area contributed by atoms with Crippen molar-refractivity contribution in [3.63, 3.8) is 0 Å². The Labute approximate surface area is 199 Å². The van der Waals surface area contributed by atoms with Gasteiger partial charge >= 0.3 is 0 Å². The molecule has 2 amide bonds. The van der Waals surface area contributed by atoms with E-state index in [4.69, 9.17) is 16.3 Å². The molecule has 0 spiro atoms. The van der Waals surface area contributed by atoms with Crippen LogP contribution in [0.5, 0.6) is 5.75 Å². The lowest BCUT2D eigenvalue weighted by molar-refractivity contribution is -0.107. The highest BCUT2D eigenvalue weighted by Crippen LogP contribution is 2.56. The van der Waals surface area contributed by atoms with Crippen molar-refractivity contribution in [3.05, 3.63) is 56.8 Å². The maximum Gasteiger partial charge on any atom is 0.255 e. The number of benzene rings is 2. The summed E-state index contributed by atoms with van der Waals surface area (Å²) < 4.78 is 19.9. The summed E-state index contributed by atoms with van der Waals surface area (Å²) in [4.78, 5) is 26.3. The Morgan fingerprint density at radius 3 is 2.91 bits per heavy atom. The number of nitrogens with zero attached hydrogens (tertiary/aromatic N) is 1. The predicted molar refractivity (Wildman–Crippen MR) is 124 cm³/mol. The number of amides is 2. The van der Waals surface area contributed by atoms with E-state index in [1.807, 2.05) is 12.1 Å². The van der Waals surface area contributed by atoms with Gasteiger partial charge in [0.25, 0.3) is 5.91 Å². The van der Waals surface area contributed by atoms with E-state index in [1.54, 1.807) is 11.0 Å². The summed E-state index contributed by atoms with van der Waals surface area (Å²) in [5.74, 6) is 1.54. The van der Waals surface area contributed by atoms with Gasteiger partial charge in [0, 0.05) is 23.5 Å². The first-order chi connectivity index (χ1) is 15.4. The third-order valence-electron chi connectivity index (χ3n) is 7.00. The lowest BCUT2D eigenvalue weighted by Crippen LogP contribution is -2.37. The summed E-state index contributed by atoms with van der Waals surface area (Å²) in [6.45, 7) is 1.16. The third kappa shape index (κ3) is 4.13. The number of carbonyl (C=O) groups is 2. The Morgan fingerprint density at radius 1 is 1.28 bits per heavy atom. The Hall–Kier alpha value is -2.12. The Kier molecular flexibility index (Phi) is 5.88. The van der Waals surface area contributed by atoms with Gasteiger partial charge < -0.3 is 15.0 Å². The van der Waals surface area contributed by atoms with Crippen LogP contribution in [0.25, 0.3) is 0 Å². The zero-order valence-electron chi connectivity index (χ0n) is 17.3. The van der Waals surface area contributed by atoms with Crippen LogP contribution in [0.2, 0.25) is 5.02 Å². The average molecular weight is 522 g/mol. The molecule has 0 saturated heterocycles. The molecule has 2 fully saturated rings. The first-order valence-electron chi connectivity index (χ1n) is 10.9. The molecule has 4 atom stereocenters. The molecule has 168 valence electrons. The van der Waals surface area contributed by atoms with E-state index in [9.17, 15) is 14.0 Å². The average Bonchev–Trinajstić information content (AvgIpc) is 3.21. The molecule has 2 aromatic rings. The first kappa shape index (κ1) is 21.7. The third-order valence-corrected chi connectivity index (χ3v) is 7.76. The maximum atomic E-state index is 13.4. The van der Waals surface area contributed by atoms with Crippen LogP contribution in [0.4, 0.5) is 10.1 Å². The number of ether oxygens (including phenoxy) is 1. The predicted octanol–water partition coefficient (Wildman–Crippen LogP) is 4.98. The number of rotatable bonds is 6. The van der Waals surface area contributed by atoms with Crippen molar-refractivity contribution in [3.8, 4) is 5.75 Å². The smallest absolute Gasteiger partial charge is 0.255 e. The molecule has 1 unspecified atom stereocenters. The lowest BCUT2D eigenvalue weighted by atomic mass is 9.95. The molecule has 5 rings (SSSR count). The van der Waals surface area contributed by atoms with E-state index in [2.05, 4.69) is 21.2 Å². The minimum absolute atomic E-state index is 0.0993. The first-order valence-corrected chi connectivity index (χ1v) is 12.0. The van der Waals surface area contributed by atoms with Crippen molar-refractivity contribution >= 4 is 45.5 Å². The molecule has 3 aliphatic rings. The van der Waals surface area contributed by atoms with E-state index in [0.29, 0.717) is 47.9 Å². The molecule has 5 nitrogen and oxygen atoms in total. The SMILES string of the molecule is O=CN(CC1[C@H]2CC[C@@H](NC(=O)c3cc(Br)cc4c3OCC4)C[C@@H]12)c1ccc(F)cc1Cl. The molecule has 1 heterocycles. The molecule has 0 radical (unpaired) electrons. The second-order valence-corrected chi connectivity index (χ2v) is 10.2. The number of fused-ring (bicyclic) bond motifs is 2. The summed E-state index contributed by atoms with van der Waals surface area (Å²) in [6, 6.07) is 8.00. The Balaban J connectivity index is 1.22. The van der Waals surface area contributed by atoms with Crippen LogP contribution in [-0.4, -0.2) is 31.5 Å². The molecular weight excluding hydrogens is 499 g/mol. The normalized spacial score (nSPS) is 25.3. The zero-order valence-corrected chi connectivity index (χ0v) is 19.7. The molecule has 2 saturated carbocycles. The van der Waals surface area contributed by atoms with Gasteiger partial charge in [0.1, 0.15) is 11.6 Å². The van der Waals surface area contributed by atoms with Crippen LogP contribution in [0.1, 0.15) is 35.2 Å². The monoisotopic (exact) mass is 520 g/mol. The van der Waals surface area contributed by atoms with Crippen molar-refractivity contribution in [2.45, 2.75) is 31.7 Å². The second kappa shape index (κ2) is 8.67. The summed E-state index contributed by atoms with van der Waals surface area (Å²) >= 11 is 9.64. The summed E-state index contributed by atoms with van der Waals surface area (Å²) in [7, 11) is 0. The molecule has 1 aliphatic heterocycles. The van der Waals surface area contributed by atoms with Crippen LogP contribution in [0.3, 0.4) is 0 Å². The van der Waals surface area contributed by atoms with Crippen LogP contribution < -0.4 is 15.0 Å². The van der Waals surface area contributed by atoms with Crippen molar-refractivity contribution in [1.29, 1.82) is 0 Å². The molecule has 2 aliphatic carbocycles. The number of halogens is 3. The van der Waals surface area contributed by atoms with Gasteiger partial charge in [-0.25, -0.2) is 4.39 Å².